The van der Waals surface area contributed by atoms with E-state index in [0.29, 0.717) is 18.7 Å². The number of nitrogens with one attached hydrogen (secondary N) is 1. The summed E-state index contributed by atoms with van der Waals surface area (Å²) < 4.78 is 11.5. The molecule has 9 heteroatoms. The quantitative estimate of drug-likeness (QED) is 0.465. The second kappa shape index (κ2) is 8.25. The SMILES string of the molecule is C=C1NC(=O)C([C@@H]2O[C@H](CC(CC)(CC)O[PH](=C)O)[C@@H](O)[C@H]2O)=CN1C. The molecular weight excluding hydrogens is 359 g/mol. The van der Waals surface area contributed by atoms with Crippen LogP contribution in [0.3, 0.4) is 0 Å². The van der Waals surface area contributed by atoms with Crippen molar-refractivity contribution < 1.29 is 29.2 Å². The Morgan fingerprint density at radius 3 is 2.54 bits per heavy atom. The van der Waals surface area contributed by atoms with Crippen LogP contribution in [0.4, 0.5) is 0 Å². The van der Waals surface area contributed by atoms with Gasteiger partial charge in [0.15, 0.2) is 0 Å². The molecule has 0 radical (unpaired) electrons. The zero-order chi connectivity index (χ0) is 19.6. The van der Waals surface area contributed by atoms with Crippen LogP contribution in [0, 0.1) is 0 Å². The van der Waals surface area contributed by atoms with Crippen LogP contribution in [0.25, 0.3) is 0 Å². The third kappa shape index (κ3) is 4.22. The number of nitrogens with zero attached hydrogens (tertiary/aromatic N) is 1. The summed E-state index contributed by atoms with van der Waals surface area (Å²) >= 11 is 0. The number of hydrogen-bond acceptors (Lipinski definition) is 7. The molecule has 0 aromatic carbocycles. The van der Waals surface area contributed by atoms with E-state index < -0.39 is 43.9 Å². The van der Waals surface area contributed by atoms with Crippen LogP contribution in [0.15, 0.2) is 24.2 Å². The summed E-state index contributed by atoms with van der Waals surface area (Å²) in [5.74, 6) is -0.00195. The Morgan fingerprint density at radius 1 is 1.38 bits per heavy atom. The molecule has 26 heavy (non-hydrogen) atoms. The third-order valence-corrected chi connectivity index (χ3v) is 5.81. The summed E-state index contributed by atoms with van der Waals surface area (Å²) in [6.07, 6.45) is 2.42. The molecule has 2 aliphatic heterocycles. The van der Waals surface area contributed by atoms with E-state index in [2.05, 4.69) is 18.2 Å². The zero-order valence-corrected chi connectivity index (χ0v) is 16.4. The highest BCUT2D eigenvalue weighted by Crippen LogP contribution is 2.39. The van der Waals surface area contributed by atoms with E-state index in [1.54, 1.807) is 18.1 Å². The van der Waals surface area contributed by atoms with Gasteiger partial charge in [0.2, 0.25) is 0 Å². The minimum absolute atomic E-state index is 0.220. The van der Waals surface area contributed by atoms with Crippen LogP contribution < -0.4 is 5.32 Å². The lowest BCUT2D eigenvalue weighted by Gasteiger charge is -2.34. The first-order valence-corrected chi connectivity index (χ1v) is 10.2. The number of carbonyl (C=O) groups excluding carboxylic acids is 1. The average molecular weight is 388 g/mol. The smallest absolute Gasteiger partial charge is 0.256 e. The van der Waals surface area contributed by atoms with Gasteiger partial charge in [-0.3, -0.25) is 4.79 Å². The van der Waals surface area contributed by atoms with Gasteiger partial charge in [0.25, 0.3) is 5.91 Å². The molecule has 4 N–H and O–H groups in total. The number of hydrogen-bond donors (Lipinski definition) is 4. The Hall–Kier alpha value is -1.15. The van der Waals surface area contributed by atoms with Gasteiger partial charge in [-0.25, -0.2) is 0 Å². The molecule has 0 aromatic rings. The standard InChI is InChI=1S/C17H29N2O6P/c1-6-17(7-2,25-26(5)23)8-12-13(20)14(21)15(24-12)11-9-19(4)10(3)18-16(11)22/h9,12-15,20-21,23,26H,3,5-8H2,1-2,4H3,(H,18,22)/t12-,13-,14-,15+/m1/s1. The van der Waals surface area contributed by atoms with E-state index in [1.807, 2.05) is 13.8 Å². The maximum atomic E-state index is 12.2. The van der Waals surface area contributed by atoms with Crippen LogP contribution in [0.2, 0.25) is 0 Å². The summed E-state index contributed by atoms with van der Waals surface area (Å²) in [5.41, 5.74) is -0.489. The minimum Gasteiger partial charge on any atom is -0.388 e. The number of carbonyl (C=O) groups is 1. The highest BCUT2D eigenvalue weighted by atomic mass is 31.1. The Morgan fingerprint density at radius 2 is 2.00 bits per heavy atom. The number of ether oxygens (including phenoxy) is 1. The summed E-state index contributed by atoms with van der Waals surface area (Å²) in [4.78, 5) is 23.5. The lowest BCUT2D eigenvalue weighted by molar-refractivity contribution is -0.119. The molecule has 2 aliphatic rings. The number of aliphatic hydroxyl groups is 2. The molecule has 8 nitrogen and oxygen atoms in total. The maximum absolute atomic E-state index is 12.2. The minimum atomic E-state index is -2.18. The molecule has 0 aromatic heterocycles. The van der Waals surface area contributed by atoms with Gasteiger partial charge in [0.1, 0.15) is 32.1 Å². The van der Waals surface area contributed by atoms with Gasteiger partial charge in [-0.15, -0.1) is 0 Å². The van der Waals surface area contributed by atoms with Crippen molar-refractivity contribution in [3.05, 3.63) is 24.2 Å². The van der Waals surface area contributed by atoms with Crippen LogP contribution in [-0.2, 0) is 14.1 Å². The average Bonchev–Trinajstić information content (AvgIpc) is 2.85. The molecule has 1 fully saturated rings. The Balaban J connectivity index is 2.21. The first-order valence-electron chi connectivity index (χ1n) is 8.67. The largest absolute Gasteiger partial charge is 0.388 e. The van der Waals surface area contributed by atoms with Crippen molar-refractivity contribution in [1.29, 1.82) is 0 Å². The van der Waals surface area contributed by atoms with Crippen LogP contribution in [-0.4, -0.2) is 69.3 Å². The molecular formula is C17H29N2O6P. The molecule has 0 saturated carbocycles. The van der Waals surface area contributed by atoms with Crippen LogP contribution in [0.1, 0.15) is 33.1 Å². The fraction of sp³-hybridized carbons (Fsp3) is 0.647. The van der Waals surface area contributed by atoms with Crippen LogP contribution in [0.5, 0.6) is 0 Å². The molecule has 5 atom stereocenters. The first kappa shape index (κ1) is 21.2. The summed E-state index contributed by atoms with van der Waals surface area (Å²) in [6.45, 7) is 7.54. The van der Waals surface area contributed by atoms with Crippen molar-refractivity contribution in [3.63, 3.8) is 0 Å². The fourth-order valence-electron chi connectivity index (χ4n) is 3.35. The predicted octanol–water partition coefficient (Wildman–Crippen LogP) is 0.326. The van der Waals surface area contributed by atoms with E-state index in [1.165, 1.54) is 0 Å². The number of rotatable bonds is 7. The monoisotopic (exact) mass is 388 g/mol. The van der Waals surface area contributed by atoms with Crippen molar-refractivity contribution in [2.75, 3.05) is 7.05 Å². The topological polar surface area (TPSA) is 111 Å². The van der Waals surface area contributed by atoms with Crippen molar-refractivity contribution in [3.8, 4) is 0 Å². The Bertz CT molecular complexity index is 618. The second-order valence-electron chi connectivity index (χ2n) is 6.76. The van der Waals surface area contributed by atoms with E-state index in [4.69, 9.17) is 9.26 Å². The summed E-state index contributed by atoms with van der Waals surface area (Å²) in [6, 6.07) is 0. The van der Waals surface area contributed by atoms with Gasteiger partial charge < -0.3 is 34.6 Å². The molecule has 0 bridgehead atoms. The van der Waals surface area contributed by atoms with Gasteiger partial charge in [0, 0.05) is 19.7 Å². The van der Waals surface area contributed by atoms with Gasteiger partial charge in [-0.05, 0) is 12.8 Å². The molecule has 2 rings (SSSR count). The van der Waals surface area contributed by atoms with Crippen molar-refractivity contribution >= 4 is 20.2 Å². The Labute approximate surface area is 154 Å². The molecule has 0 aliphatic carbocycles. The van der Waals surface area contributed by atoms with E-state index in [9.17, 15) is 19.9 Å². The Kier molecular flexibility index (Phi) is 6.71. The van der Waals surface area contributed by atoms with Gasteiger partial charge in [-0.1, -0.05) is 26.7 Å². The van der Waals surface area contributed by atoms with Gasteiger partial charge >= 0.3 is 0 Å². The molecule has 1 amide bonds. The van der Waals surface area contributed by atoms with E-state index in [-0.39, 0.29) is 12.0 Å². The molecule has 148 valence electrons. The van der Waals surface area contributed by atoms with E-state index in [0.717, 1.165) is 0 Å². The van der Waals surface area contributed by atoms with Crippen LogP contribution >= 0.6 is 8.00 Å². The molecule has 1 unspecified atom stereocenters. The molecule has 2 heterocycles. The maximum Gasteiger partial charge on any atom is 0.256 e. The highest BCUT2D eigenvalue weighted by Gasteiger charge is 2.49. The lowest BCUT2D eigenvalue weighted by atomic mass is 9.88. The van der Waals surface area contributed by atoms with Gasteiger partial charge in [-0.2, -0.15) is 0 Å². The van der Waals surface area contributed by atoms with E-state index >= 15 is 0 Å². The normalized spacial score (nSPS) is 31.0. The highest BCUT2D eigenvalue weighted by molar-refractivity contribution is 7.44. The zero-order valence-electron chi connectivity index (χ0n) is 15.4. The lowest BCUT2D eigenvalue weighted by Crippen LogP contribution is -2.43. The number of aliphatic hydroxyl groups excluding tert-OH is 2. The third-order valence-electron chi connectivity index (χ3n) is 5.14. The summed E-state index contributed by atoms with van der Waals surface area (Å²) in [7, 11) is -0.472. The van der Waals surface area contributed by atoms with Crippen molar-refractivity contribution in [2.45, 2.75) is 63.1 Å². The fourth-order valence-corrected chi connectivity index (χ4v) is 4.23. The first-order chi connectivity index (χ1) is 12.1. The molecule has 0 spiro atoms. The second-order valence-corrected chi connectivity index (χ2v) is 7.75. The van der Waals surface area contributed by atoms with Gasteiger partial charge in [0.05, 0.1) is 17.3 Å². The van der Waals surface area contributed by atoms with Crippen molar-refractivity contribution in [2.24, 2.45) is 0 Å². The molecule has 1 saturated heterocycles. The predicted molar refractivity (Wildman–Crippen MR) is 100 cm³/mol. The summed E-state index contributed by atoms with van der Waals surface area (Å²) in [5, 5.41) is 23.5. The van der Waals surface area contributed by atoms with Crippen molar-refractivity contribution in [1.82, 2.24) is 10.2 Å². The number of amides is 1.